The average Bonchev–Trinajstić information content (AvgIpc) is 2.53. The quantitative estimate of drug-likeness (QED) is 0.640. The lowest BCUT2D eigenvalue weighted by atomic mass is 10.3. The molecule has 0 unspecified atom stereocenters. The highest BCUT2D eigenvalue weighted by Crippen LogP contribution is 2.17. The Morgan fingerprint density at radius 3 is 2.58 bits per heavy atom. The van der Waals surface area contributed by atoms with Crippen molar-refractivity contribution < 1.29 is 4.94 Å². The molecule has 1 aromatic rings. The summed E-state index contributed by atoms with van der Waals surface area (Å²) in [5.41, 5.74) is 9.07. The summed E-state index contributed by atoms with van der Waals surface area (Å²) in [6.45, 7) is 0. The fourth-order valence-corrected chi connectivity index (χ4v) is 1.02. The molecule has 0 fully saturated rings. The Bertz CT molecular complexity index is 296. The molecule has 2 rings (SSSR count). The van der Waals surface area contributed by atoms with Crippen LogP contribution in [0.3, 0.4) is 0 Å². The fourth-order valence-electron chi connectivity index (χ4n) is 1.02. The van der Waals surface area contributed by atoms with Gasteiger partial charge in [0.05, 0.1) is 11.9 Å². The summed E-state index contributed by atoms with van der Waals surface area (Å²) in [4.78, 5) is 5.02. The first-order chi connectivity index (χ1) is 5.88. The number of anilines is 1. The largest absolute Gasteiger partial charge is 0.382 e. The van der Waals surface area contributed by atoms with Crippen molar-refractivity contribution in [3.05, 3.63) is 42.4 Å². The number of para-hydroxylation sites is 1. The second-order valence-electron chi connectivity index (χ2n) is 2.41. The summed E-state index contributed by atoms with van der Waals surface area (Å²) in [5.74, 6) is 0.543. The van der Waals surface area contributed by atoms with Crippen molar-refractivity contribution in [2.24, 2.45) is 5.73 Å². The molecule has 0 aromatic heterocycles. The van der Waals surface area contributed by atoms with Crippen molar-refractivity contribution in [2.75, 3.05) is 5.06 Å². The Morgan fingerprint density at radius 1 is 1.25 bits per heavy atom. The van der Waals surface area contributed by atoms with Crippen LogP contribution < -0.4 is 16.3 Å². The molecular weight excluding hydrogens is 154 g/mol. The number of nitrogens with two attached hydrogens (primary N) is 1. The van der Waals surface area contributed by atoms with Crippen molar-refractivity contribution in [3.63, 3.8) is 0 Å². The van der Waals surface area contributed by atoms with Gasteiger partial charge in [-0.3, -0.25) is 0 Å². The minimum atomic E-state index is 0.543. The molecule has 62 valence electrons. The van der Waals surface area contributed by atoms with Gasteiger partial charge >= 0.3 is 0 Å². The molecule has 0 spiro atoms. The maximum absolute atomic E-state index is 5.61. The highest BCUT2D eigenvalue weighted by molar-refractivity contribution is 5.48. The number of nitrogens with zero attached hydrogens (tertiary/aromatic N) is 1. The van der Waals surface area contributed by atoms with Crippen molar-refractivity contribution in [2.45, 2.75) is 0 Å². The van der Waals surface area contributed by atoms with Crippen molar-refractivity contribution in [3.8, 4) is 0 Å². The average molecular weight is 163 g/mol. The van der Waals surface area contributed by atoms with E-state index < -0.39 is 0 Å². The number of benzene rings is 1. The fraction of sp³-hybridized carbons (Fsp3) is 0. The Kier molecular flexibility index (Phi) is 1.60. The van der Waals surface area contributed by atoms with Gasteiger partial charge in [-0.2, -0.15) is 5.06 Å². The highest BCUT2D eigenvalue weighted by Gasteiger charge is 2.14. The topological polar surface area (TPSA) is 50.5 Å². The number of hydrogen-bond donors (Lipinski definition) is 2. The van der Waals surface area contributed by atoms with Crippen LogP contribution in [-0.4, -0.2) is 0 Å². The monoisotopic (exact) mass is 163 g/mol. The minimum absolute atomic E-state index is 0.543. The third-order valence-electron chi connectivity index (χ3n) is 1.58. The summed E-state index contributed by atoms with van der Waals surface area (Å²) < 4.78 is 0. The number of hydrogen-bond acceptors (Lipinski definition) is 4. The van der Waals surface area contributed by atoms with E-state index in [2.05, 4.69) is 5.48 Å². The van der Waals surface area contributed by atoms with Gasteiger partial charge in [-0.1, -0.05) is 18.2 Å². The molecule has 0 bridgehead atoms. The lowest BCUT2D eigenvalue weighted by Crippen LogP contribution is -2.23. The molecule has 4 heteroatoms. The lowest BCUT2D eigenvalue weighted by molar-refractivity contribution is 0.0853. The first kappa shape index (κ1) is 7.00. The SMILES string of the molecule is NC1=CNON1c1ccccc1. The van der Waals surface area contributed by atoms with Crippen LogP contribution in [0.15, 0.2) is 42.4 Å². The molecule has 3 N–H and O–H groups in total. The van der Waals surface area contributed by atoms with Gasteiger partial charge in [-0.15, -0.1) is 4.94 Å². The molecule has 0 amide bonds. The van der Waals surface area contributed by atoms with E-state index in [1.807, 2.05) is 30.3 Å². The maximum Gasteiger partial charge on any atom is 0.150 e. The van der Waals surface area contributed by atoms with Gasteiger partial charge in [0, 0.05) is 0 Å². The zero-order valence-corrected chi connectivity index (χ0v) is 6.40. The van der Waals surface area contributed by atoms with Gasteiger partial charge in [-0.05, 0) is 12.1 Å². The van der Waals surface area contributed by atoms with Gasteiger partial charge in [0.25, 0.3) is 0 Å². The van der Waals surface area contributed by atoms with E-state index >= 15 is 0 Å². The summed E-state index contributed by atoms with van der Waals surface area (Å²) in [7, 11) is 0. The summed E-state index contributed by atoms with van der Waals surface area (Å²) >= 11 is 0. The molecule has 1 aliphatic rings. The van der Waals surface area contributed by atoms with Crippen LogP contribution in [0.25, 0.3) is 0 Å². The zero-order valence-electron chi connectivity index (χ0n) is 6.40. The molecule has 0 atom stereocenters. The Balaban J connectivity index is 2.27. The van der Waals surface area contributed by atoms with Crippen molar-refractivity contribution in [1.82, 2.24) is 5.48 Å². The van der Waals surface area contributed by atoms with Gasteiger partial charge < -0.3 is 5.73 Å². The predicted octanol–water partition coefficient (Wildman–Crippen LogP) is 0.700. The van der Waals surface area contributed by atoms with E-state index in [4.69, 9.17) is 10.7 Å². The number of hydroxylamine groups is 2. The Morgan fingerprint density at radius 2 is 2.00 bits per heavy atom. The molecule has 0 aliphatic carbocycles. The standard InChI is InChI=1S/C8H9N3O/c9-8-6-10-12-11(8)7-4-2-1-3-5-7/h1-6,10H,9H2. The summed E-state index contributed by atoms with van der Waals surface area (Å²) in [6, 6.07) is 9.60. The predicted molar refractivity (Wildman–Crippen MR) is 45.4 cm³/mol. The first-order valence-electron chi connectivity index (χ1n) is 3.61. The third kappa shape index (κ3) is 1.08. The normalized spacial score (nSPS) is 15.7. The number of rotatable bonds is 1. The third-order valence-corrected chi connectivity index (χ3v) is 1.58. The molecular formula is C8H9N3O. The van der Waals surface area contributed by atoms with E-state index in [0.29, 0.717) is 5.82 Å². The van der Waals surface area contributed by atoms with Crippen LogP contribution in [0, 0.1) is 0 Å². The van der Waals surface area contributed by atoms with E-state index in [0.717, 1.165) is 5.69 Å². The second-order valence-corrected chi connectivity index (χ2v) is 2.41. The van der Waals surface area contributed by atoms with Crippen LogP contribution in [0.2, 0.25) is 0 Å². The molecule has 1 aromatic carbocycles. The van der Waals surface area contributed by atoms with Gasteiger partial charge in [0.2, 0.25) is 0 Å². The molecule has 0 saturated heterocycles. The van der Waals surface area contributed by atoms with E-state index in [-0.39, 0.29) is 0 Å². The van der Waals surface area contributed by atoms with Crippen LogP contribution in [0.4, 0.5) is 5.69 Å². The summed E-state index contributed by atoms with van der Waals surface area (Å²) in [5, 5.41) is 1.51. The van der Waals surface area contributed by atoms with E-state index in [9.17, 15) is 0 Å². The highest BCUT2D eigenvalue weighted by atomic mass is 16.8. The molecule has 0 saturated carbocycles. The smallest absolute Gasteiger partial charge is 0.150 e. The van der Waals surface area contributed by atoms with Crippen LogP contribution >= 0.6 is 0 Å². The molecule has 1 aliphatic heterocycles. The Labute approximate surface area is 70.1 Å². The minimum Gasteiger partial charge on any atom is -0.382 e. The van der Waals surface area contributed by atoms with Gasteiger partial charge in [0.15, 0.2) is 0 Å². The van der Waals surface area contributed by atoms with Crippen LogP contribution in [0.1, 0.15) is 0 Å². The maximum atomic E-state index is 5.61. The summed E-state index contributed by atoms with van der Waals surface area (Å²) in [6.07, 6.45) is 1.59. The van der Waals surface area contributed by atoms with Gasteiger partial charge in [0.1, 0.15) is 5.82 Å². The van der Waals surface area contributed by atoms with E-state index in [1.54, 1.807) is 6.20 Å². The van der Waals surface area contributed by atoms with Crippen LogP contribution in [-0.2, 0) is 4.94 Å². The lowest BCUT2D eigenvalue weighted by Gasteiger charge is -2.15. The van der Waals surface area contributed by atoms with Crippen LogP contribution in [0.5, 0.6) is 0 Å². The van der Waals surface area contributed by atoms with Gasteiger partial charge in [-0.25, -0.2) is 5.48 Å². The van der Waals surface area contributed by atoms with Crippen molar-refractivity contribution >= 4 is 5.69 Å². The van der Waals surface area contributed by atoms with E-state index in [1.165, 1.54) is 5.06 Å². The first-order valence-corrected chi connectivity index (χ1v) is 3.61. The van der Waals surface area contributed by atoms with Crippen molar-refractivity contribution in [1.29, 1.82) is 0 Å². The second kappa shape index (κ2) is 2.75. The molecule has 1 heterocycles. The molecule has 4 nitrogen and oxygen atoms in total. The zero-order chi connectivity index (χ0) is 8.39. The molecule has 12 heavy (non-hydrogen) atoms. The number of nitrogens with one attached hydrogen (secondary N) is 1. The molecule has 0 radical (unpaired) electrons. The Hall–Kier alpha value is -1.68.